The first kappa shape index (κ1) is 19.3. The van der Waals surface area contributed by atoms with Gasteiger partial charge < -0.3 is 9.64 Å². The summed E-state index contributed by atoms with van der Waals surface area (Å²) in [7, 11) is 2.25. The van der Waals surface area contributed by atoms with Gasteiger partial charge in [-0.1, -0.05) is 30.3 Å². The van der Waals surface area contributed by atoms with Crippen LogP contribution in [0.2, 0.25) is 0 Å². The fourth-order valence-electron chi connectivity index (χ4n) is 5.01. The predicted octanol–water partition coefficient (Wildman–Crippen LogP) is 5.05. The molecule has 29 heavy (non-hydrogen) atoms. The van der Waals surface area contributed by atoms with Gasteiger partial charge in [0, 0.05) is 42.3 Å². The molecule has 0 aliphatic carbocycles. The van der Waals surface area contributed by atoms with Gasteiger partial charge in [-0.25, -0.2) is 0 Å². The van der Waals surface area contributed by atoms with Crippen LogP contribution >= 0.6 is 11.3 Å². The summed E-state index contributed by atoms with van der Waals surface area (Å²) < 4.78 is 6.97. The molecule has 1 atom stereocenters. The maximum absolute atomic E-state index is 5.58. The van der Waals surface area contributed by atoms with Gasteiger partial charge in [-0.3, -0.25) is 4.90 Å². The Morgan fingerprint density at radius 1 is 1.03 bits per heavy atom. The van der Waals surface area contributed by atoms with Crippen LogP contribution in [0.15, 0.2) is 47.8 Å². The van der Waals surface area contributed by atoms with Crippen molar-refractivity contribution in [3.05, 3.63) is 70.1 Å². The normalized spacial score (nSPS) is 21.4. The van der Waals surface area contributed by atoms with Gasteiger partial charge in [-0.05, 0) is 66.0 Å². The highest BCUT2D eigenvalue weighted by atomic mass is 32.1. The van der Waals surface area contributed by atoms with Crippen molar-refractivity contribution in [1.29, 1.82) is 0 Å². The second kappa shape index (κ2) is 7.51. The van der Waals surface area contributed by atoms with E-state index in [-0.39, 0.29) is 5.54 Å². The Balaban J connectivity index is 1.51. The summed E-state index contributed by atoms with van der Waals surface area (Å²) in [4.78, 5) is 5.03. The average molecular weight is 407 g/mol. The second-order valence-electron chi connectivity index (χ2n) is 9.04. The highest BCUT2D eigenvalue weighted by molar-refractivity contribution is 7.17. The Kier molecular flexibility index (Phi) is 4.99. The minimum absolute atomic E-state index is 0.0280. The summed E-state index contributed by atoms with van der Waals surface area (Å²) in [5.74, 6) is 0.441. The number of benzene rings is 2. The topological polar surface area (TPSA) is 15.7 Å². The van der Waals surface area contributed by atoms with Gasteiger partial charge in [-0.2, -0.15) is 0 Å². The molecular formula is C25H30N2OS. The van der Waals surface area contributed by atoms with Crippen molar-refractivity contribution in [3.63, 3.8) is 0 Å². The van der Waals surface area contributed by atoms with Crippen LogP contribution in [0.3, 0.4) is 0 Å². The van der Waals surface area contributed by atoms with E-state index in [9.17, 15) is 0 Å². The number of hydrogen-bond donors (Lipinski definition) is 0. The number of rotatable bonds is 3. The molecule has 152 valence electrons. The van der Waals surface area contributed by atoms with Gasteiger partial charge in [0.15, 0.2) is 0 Å². The molecule has 0 N–H and O–H groups in total. The number of hydrogen-bond acceptors (Lipinski definition) is 4. The van der Waals surface area contributed by atoms with Crippen molar-refractivity contribution in [1.82, 2.24) is 9.80 Å². The summed E-state index contributed by atoms with van der Waals surface area (Å²) >= 11 is 1.84. The molecule has 1 aromatic heterocycles. The van der Waals surface area contributed by atoms with Crippen molar-refractivity contribution in [2.45, 2.75) is 31.8 Å². The predicted molar refractivity (Wildman–Crippen MR) is 122 cm³/mol. The fourth-order valence-corrected chi connectivity index (χ4v) is 5.84. The summed E-state index contributed by atoms with van der Waals surface area (Å²) in [5.41, 5.74) is 5.86. The summed E-state index contributed by atoms with van der Waals surface area (Å²) in [6, 6.07) is 16.5. The standard InChI is InChI=1S/C25H30N2OS/c1-25(2,27-9-11-28-12-10-27)21-6-7-22-20(14-21)16-26(3)17-23(22)19-5-4-18-8-13-29-24(18)15-19/h4-8,13-15,23H,9-12,16-17H2,1-3H3. The molecule has 1 unspecified atom stereocenters. The molecule has 0 radical (unpaired) electrons. The van der Waals surface area contributed by atoms with E-state index in [1.165, 1.54) is 32.3 Å². The molecule has 3 aromatic rings. The van der Waals surface area contributed by atoms with Crippen LogP contribution in [0.1, 0.15) is 42.0 Å². The molecule has 0 saturated carbocycles. The first-order chi connectivity index (χ1) is 14.0. The van der Waals surface area contributed by atoms with E-state index < -0.39 is 0 Å². The van der Waals surface area contributed by atoms with Gasteiger partial charge in [0.25, 0.3) is 0 Å². The molecule has 2 aromatic carbocycles. The molecular weight excluding hydrogens is 376 g/mol. The third kappa shape index (κ3) is 3.53. The zero-order valence-corrected chi connectivity index (χ0v) is 18.5. The third-order valence-corrected chi connectivity index (χ3v) is 7.72. The number of likely N-dealkylation sites (N-methyl/N-ethyl adjacent to an activating group) is 1. The van der Waals surface area contributed by atoms with Crippen LogP contribution in [0.5, 0.6) is 0 Å². The first-order valence-electron chi connectivity index (χ1n) is 10.6. The van der Waals surface area contributed by atoms with Crippen molar-refractivity contribution >= 4 is 21.4 Å². The SMILES string of the molecule is CN1Cc2cc(C(C)(C)N3CCOCC3)ccc2C(c2ccc3ccsc3c2)C1. The van der Waals surface area contributed by atoms with E-state index in [0.717, 1.165) is 39.4 Å². The molecule has 0 amide bonds. The Hall–Kier alpha value is -1.72. The summed E-state index contributed by atoms with van der Waals surface area (Å²) in [6.45, 7) is 10.5. The smallest absolute Gasteiger partial charge is 0.0594 e. The Morgan fingerprint density at radius 2 is 1.86 bits per heavy atom. The van der Waals surface area contributed by atoms with E-state index in [0.29, 0.717) is 5.92 Å². The molecule has 0 spiro atoms. The van der Waals surface area contributed by atoms with Crippen molar-refractivity contribution in [2.75, 3.05) is 39.9 Å². The number of ether oxygens (including phenoxy) is 1. The summed E-state index contributed by atoms with van der Waals surface area (Å²) in [5, 5.41) is 3.54. The van der Waals surface area contributed by atoms with Gasteiger partial charge in [-0.15, -0.1) is 11.3 Å². The van der Waals surface area contributed by atoms with Gasteiger partial charge in [0.05, 0.1) is 13.2 Å². The highest BCUT2D eigenvalue weighted by Crippen LogP contribution is 2.38. The molecule has 0 bridgehead atoms. The first-order valence-corrected chi connectivity index (χ1v) is 11.5. The van der Waals surface area contributed by atoms with Crippen LogP contribution in [0.25, 0.3) is 10.1 Å². The lowest BCUT2D eigenvalue weighted by Gasteiger charge is -2.42. The quantitative estimate of drug-likeness (QED) is 0.606. The molecule has 3 nitrogen and oxygen atoms in total. The van der Waals surface area contributed by atoms with E-state index in [1.54, 1.807) is 0 Å². The van der Waals surface area contributed by atoms with Crippen LogP contribution in [-0.2, 0) is 16.8 Å². The largest absolute Gasteiger partial charge is 0.379 e. The summed E-state index contributed by atoms with van der Waals surface area (Å²) in [6.07, 6.45) is 0. The van der Waals surface area contributed by atoms with Crippen LogP contribution in [0, 0.1) is 0 Å². The third-order valence-electron chi connectivity index (χ3n) is 6.84. The lowest BCUT2D eigenvalue weighted by atomic mass is 9.81. The van der Waals surface area contributed by atoms with E-state index in [2.05, 4.69) is 78.5 Å². The Labute approximate surface area is 177 Å². The Morgan fingerprint density at radius 3 is 2.69 bits per heavy atom. The molecule has 5 rings (SSSR count). The monoisotopic (exact) mass is 406 g/mol. The number of thiophene rings is 1. The minimum Gasteiger partial charge on any atom is -0.379 e. The number of fused-ring (bicyclic) bond motifs is 2. The molecule has 1 fully saturated rings. The van der Waals surface area contributed by atoms with E-state index >= 15 is 0 Å². The van der Waals surface area contributed by atoms with Crippen molar-refractivity contribution in [2.24, 2.45) is 0 Å². The average Bonchev–Trinajstić information content (AvgIpc) is 3.21. The zero-order chi connectivity index (χ0) is 20.0. The fraction of sp³-hybridized carbons (Fsp3) is 0.440. The van der Waals surface area contributed by atoms with Gasteiger partial charge >= 0.3 is 0 Å². The minimum atomic E-state index is 0.0280. The van der Waals surface area contributed by atoms with Crippen LogP contribution in [0.4, 0.5) is 0 Å². The van der Waals surface area contributed by atoms with Gasteiger partial charge in [0.2, 0.25) is 0 Å². The van der Waals surface area contributed by atoms with Crippen LogP contribution < -0.4 is 0 Å². The maximum Gasteiger partial charge on any atom is 0.0594 e. The van der Waals surface area contributed by atoms with E-state index in [1.807, 2.05) is 11.3 Å². The van der Waals surface area contributed by atoms with E-state index in [4.69, 9.17) is 4.74 Å². The zero-order valence-electron chi connectivity index (χ0n) is 17.6. The molecule has 4 heteroatoms. The molecule has 1 saturated heterocycles. The van der Waals surface area contributed by atoms with Crippen molar-refractivity contribution in [3.8, 4) is 0 Å². The second-order valence-corrected chi connectivity index (χ2v) is 9.99. The van der Waals surface area contributed by atoms with Gasteiger partial charge in [0.1, 0.15) is 0 Å². The highest BCUT2D eigenvalue weighted by Gasteiger charge is 2.32. The molecule has 2 aliphatic rings. The van der Waals surface area contributed by atoms with Crippen molar-refractivity contribution < 1.29 is 4.74 Å². The number of morpholine rings is 1. The molecule has 3 heterocycles. The lowest BCUT2D eigenvalue weighted by Crippen LogP contribution is -2.48. The Bertz CT molecular complexity index is 1020. The lowest BCUT2D eigenvalue weighted by molar-refractivity contribution is -0.0118. The molecule has 2 aliphatic heterocycles. The van der Waals surface area contributed by atoms with Crippen LogP contribution in [-0.4, -0.2) is 49.7 Å². The maximum atomic E-state index is 5.58. The number of nitrogens with zero attached hydrogens (tertiary/aromatic N) is 2.